The smallest absolute Gasteiger partial charge is 0.187 e. The van der Waals surface area contributed by atoms with Crippen LogP contribution in [0.4, 0.5) is 10.8 Å². The van der Waals surface area contributed by atoms with Crippen LogP contribution in [0.15, 0.2) is 20.8 Å². The average molecular weight is 394 g/mol. The van der Waals surface area contributed by atoms with Crippen LogP contribution in [-0.2, 0) is 16.4 Å². The molecule has 0 saturated heterocycles. The second kappa shape index (κ2) is 5.28. The first-order chi connectivity index (χ1) is 9.50. The lowest BCUT2D eigenvalue weighted by atomic mass is 10.4. The number of nitrogens with one attached hydrogen (secondary N) is 1. The number of aromatic nitrogens is 1. The molecule has 2 heterocycles. The minimum atomic E-state index is -3.33. The summed E-state index contributed by atoms with van der Waals surface area (Å²) in [7, 11) is -3.33. The Kier molecular flexibility index (Phi) is 3.78. The van der Waals surface area contributed by atoms with Crippen molar-refractivity contribution in [3.63, 3.8) is 0 Å². The molecule has 1 aliphatic rings. The van der Waals surface area contributed by atoms with Gasteiger partial charge in [-0.25, -0.2) is 8.42 Å². The first kappa shape index (κ1) is 14.3. The number of nitrogens with zero attached hydrogens (tertiary/aromatic N) is 1. The fourth-order valence-corrected chi connectivity index (χ4v) is 6.15. The normalized spacial score (nSPS) is 15.4. The molecule has 9 heteroatoms. The van der Waals surface area contributed by atoms with Gasteiger partial charge in [0.05, 0.1) is 11.8 Å². The van der Waals surface area contributed by atoms with Gasteiger partial charge in [0.1, 0.15) is 9.90 Å². The summed E-state index contributed by atoms with van der Waals surface area (Å²) in [5, 5.41) is 5.37. The molecule has 0 aliphatic heterocycles. The lowest BCUT2D eigenvalue weighted by molar-refractivity contribution is 0.595. The standard InChI is InChI=1S/C11H12BrN3O2S3/c12-7-3-4-18-8(7)5-14-11-9(10(13)15-19-11)20(16,17)6-1-2-6/h3-4,6,14H,1-2,5H2,(H2,13,15). The fourth-order valence-electron chi connectivity index (χ4n) is 1.84. The Balaban J connectivity index is 1.86. The summed E-state index contributed by atoms with van der Waals surface area (Å²) in [6.07, 6.45) is 1.43. The Morgan fingerprint density at radius 3 is 2.85 bits per heavy atom. The largest absolute Gasteiger partial charge is 0.382 e. The number of nitrogen functional groups attached to an aromatic ring is 1. The van der Waals surface area contributed by atoms with Crippen LogP contribution in [0.3, 0.4) is 0 Å². The maximum atomic E-state index is 12.4. The van der Waals surface area contributed by atoms with Gasteiger partial charge < -0.3 is 11.1 Å². The number of nitrogens with two attached hydrogens (primary N) is 1. The highest BCUT2D eigenvalue weighted by molar-refractivity contribution is 9.10. The average Bonchev–Trinajstić information content (AvgIpc) is 3.09. The van der Waals surface area contributed by atoms with Crippen molar-refractivity contribution < 1.29 is 8.42 Å². The third kappa shape index (κ3) is 2.59. The molecule has 0 atom stereocenters. The van der Waals surface area contributed by atoms with Gasteiger partial charge in [-0.2, -0.15) is 4.37 Å². The van der Waals surface area contributed by atoms with E-state index in [1.54, 1.807) is 11.3 Å². The zero-order chi connectivity index (χ0) is 14.3. The van der Waals surface area contributed by atoms with Crippen LogP contribution in [0, 0.1) is 0 Å². The third-order valence-corrected chi connectivity index (χ3v) is 8.23. The van der Waals surface area contributed by atoms with Crippen LogP contribution >= 0.6 is 38.8 Å². The number of rotatable bonds is 5. The number of thiophene rings is 1. The van der Waals surface area contributed by atoms with Gasteiger partial charge in [0, 0.05) is 9.35 Å². The van der Waals surface area contributed by atoms with Gasteiger partial charge in [-0.1, -0.05) is 0 Å². The molecular formula is C11H12BrN3O2S3. The van der Waals surface area contributed by atoms with Crippen LogP contribution in [0.1, 0.15) is 17.7 Å². The van der Waals surface area contributed by atoms with Gasteiger partial charge >= 0.3 is 0 Å². The summed E-state index contributed by atoms with van der Waals surface area (Å²) >= 11 is 6.15. The molecule has 2 aromatic rings. The Bertz CT molecular complexity index is 734. The van der Waals surface area contributed by atoms with Crippen LogP contribution in [-0.4, -0.2) is 18.0 Å². The molecule has 0 aromatic carbocycles. The number of sulfone groups is 1. The monoisotopic (exact) mass is 393 g/mol. The van der Waals surface area contributed by atoms with Crippen LogP contribution in [0.5, 0.6) is 0 Å². The molecule has 3 rings (SSSR count). The van der Waals surface area contributed by atoms with Crippen molar-refractivity contribution in [2.24, 2.45) is 0 Å². The quantitative estimate of drug-likeness (QED) is 0.814. The Labute approximate surface area is 133 Å². The second-order valence-corrected chi connectivity index (χ2v) is 9.31. The molecule has 1 saturated carbocycles. The van der Waals surface area contributed by atoms with Gasteiger partial charge in [-0.3, -0.25) is 0 Å². The Morgan fingerprint density at radius 2 is 2.25 bits per heavy atom. The molecule has 0 unspecified atom stereocenters. The summed E-state index contributed by atoms with van der Waals surface area (Å²) < 4.78 is 29.7. The molecule has 2 aromatic heterocycles. The van der Waals surface area contributed by atoms with Gasteiger partial charge in [0.25, 0.3) is 0 Å². The summed E-state index contributed by atoms with van der Waals surface area (Å²) in [5.41, 5.74) is 5.75. The van der Waals surface area contributed by atoms with E-state index in [-0.39, 0.29) is 16.0 Å². The van der Waals surface area contributed by atoms with E-state index in [4.69, 9.17) is 5.73 Å². The molecule has 0 amide bonds. The fraction of sp³-hybridized carbons (Fsp3) is 0.364. The molecule has 0 spiro atoms. The first-order valence-corrected chi connectivity index (χ1v) is 9.94. The zero-order valence-corrected chi connectivity index (χ0v) is 14.3. The maximum absolute atomic E-state index is 12.4. The highest BCUT2D eigenvalue weighted by atomic mass is 79.9. The van der Waals surface area contributed by atoms with Crippen LogP contribution < -0.4 is 11.1 Å². The van der Waals surface area contributed by atoms with E-state index >= 15 is 0 Å². The topological polar surface area (TPSA) is 85.1 Å². The Hall–Kier alpha value is -0.640. The van der Waals surface area contributed by atoms with E-state index in [1.165, 1.54) is 0 Å². The minimum Gasteiger partial charge on any atom is -0.382 e. The number of hydrogen-bond acceptors (Lipinski definition) is 7. The van der Waals surface area contributed by atoms with Gasteiger partial charge in [0.2, 0.25) is 0 Å². The van der Waals surface area contributed by atoms with Crippen molar-refractivity contribution in [1.29, 1.82) is 0 Å². The summed E-state index contributed by atoms with van der Waals surface area (Å²) in [4.78, 5) is 1.28. The number of anilines is 2. The van der Waals surface area contributed by atoms with Crippen molar-refractivity contribution in [2.45, 2.75) is 29.5 Å². The molecule has 0 bridgehead atoms. The van der Waals surface area contributed by atoms with Gasteiger partial charge in [-0.05, 0) is 51.8 Å². The van der Waals surface area contributed by atoms with Crippen LogP contribution in [0.2, 0.25) is 0 Å². The van der Waals surface area contributed by atoms with E-state index in [2.05, 4.69) is 25.6 Å². The van der Waals surface area contributed by atoms with Crippen molar-refractivity contribution >= 4 is 59.5 Å². The second-order valence-electron chi connectivity index (χ2n) is 4.52. The van der Waals surface area contributed by atoms with E-state index in [1.807, 2.05) is 11.4 Å². The van der Waals surface area contributed by atoms with Gasteiger partial charge in [0.15, 0.2) is 15.7 Å². The zero-order valence-electron chi connectivity index (χ0n) is 10.3. The molecule has 5 nitrogen and oxygen atoms in total. The van der Waals surface area contributed by atoms with Crippen LogP contribution in [0.25, 0.3) is 0 Å². The highest BCUT2D eigenvalue weighted by Crippen LogP contribution is 2.41. The lowest BCUT2D eigenvalue weighted by Crippen LogP contribution is -2.11. The molecule has 1 aliphatic carbocycles. The first-order valence-electron chi connectivity index (χ1n) is 5.95. The molecular weight excluding hydrogens is 382 g/mol. The number of hydrogen-bond donors (Lipinski definition) is 2. The third-order valence-electron chi connectivity index (χ3n) is 3.02. The summed E-state index contributed by atoms with van der Waals surface area (Å²) in [6, 6.07) is 1.96. The van der Waals surface area contributed by atoms with Crippen molar-refractivity contribution in [3.05, 3.63) is 20.8 Å². The summed E-state index contributed by atoms with van der Waals surface area (Å²) in [5.74, 6) is 0.106. The number of halogens is 1. The molecule has 0 radical (unpaired) electrons. The predicted molar refractivity (Wildman–Crippen MR) is 86.1 cm³/mol. The minimum absolute atomic E-state index is 0.106. The van der Waals surface area contributed by atoms with E-state index in [9.17, 15) is 8.42 Å². The lowest BCUT2D eigenvalue weighted by Gasteiger charge is -2.07. The highest BCUT2D eigenvalue weighted by Gasteiger charge is 2.40. The molecule has 108 valence electrons. The molecule has 20 heavy (non-hydrogen) atoms. The van der Waals surface area contributed by atoms with Crippen molar-refractivity contribution in [1.82, 2.24) is 4.37 Å². The molecule has 1 fully saturated rings. The van der Waals surface area contributed by atoms with E-state index in [0.29, 0.717) is 24.4 Å². The maximum Gasteiger partial charge on any atom is 0.187 e. The summed E-state index contributed by atoms with van der Waals surface area (Å²) in [6.45, 7) is 0.549. The van der Waals surface area contributed by atoms with Gasteiger partial charge in [-0.15, -0.1) is 11.3 Å². The Morgan fingerprint density at radius 1 is 1.50 bits per heavy atom. The van der Waals surface area contributed by atoms with E-state index in [0.717, 1.165) is 20.9 Å². The predicted octanol–water partition coefficient (Wildman–Crippen LogP) is 3.10. The van der Waals surface area contributed by atoms with Crippen molar-refractivity contribution in [3.8, 4) is 0 Å². The van der Waals surface area contributed by atoms with E-state index < -0.39 is 9.84 Å². The molecule has 3 N–H and O–H groups in total. The SMILES string of the molecule is Nc1nsc(NCc2sccc2Br)c1S(=O)(=O)C1CC1. The van der Waals surface area contributed by atoms with Crippen molar-refractivity contribution in [2.75, 3.05) is 11.1 Å².